The van der Waals surface area contributed by atoms with Crippen LogP contribution >= 0.6 is 0 Å². The van der Waals surface area contributed by atoms with E-state index < -0.39 is 5.97 Å². The number of carboxylic acids is 1. The zero-order valence-corrected chi connectivity index (χ0v) is 10.0. The first kappa shape index (κ1) is 12.8. The molecule has 0 fully saturated rings. The lowest BCUT2D eigenvalue weighted by atomic mass is 9.87. The van der Waals surface area contributed by atoms with E-state index in [0.29, 0.717) is 5.92 Å². The molecule has 0 saturated heterocycles. The summed E-state index contributed by atoms with van der Waals surface area (Å²) in [6, 6.07) is 10.2. The highest BCUT2D eigenvalue weighted by atomic mass is 16.4. The molecule has 0 unspecified atom stereocenters. The van der Waals surface area contributed by atoms with Crippen molar-refractivity contribution in [1.82, 2.24) is 0 Å². The number of benzene rings is 1. The van der Waals surface area contributed by atoms with Gasteiger partial charge in [0.15, 0.2) is 0 Å². The molecule has 0 aliphatic carbocycles. The largest absolute Gasteiger partial charge is 0.481 e. The molecule has 0 aliphatic heterocycles. The molecule has 1 atom stereocenters. The maximum Gasteiger partial charge on any atom is 0.303 e. The van der Waals surface area contributed by atoms with Gasteiger partial charge in [0.05, 0.1) is 0 Å². The summed E-state index contributed by atoms with van der Waals surface area (Å²) in [5.41, 5.74) is 1.29. The molecule has 1 aromatic carbocycles. The molecular weight excluding hydrogens is 200 g/mol. The van der Waals surface area contributed by atoms with Gasteiger partial charge in [0.1, 0.15) is 0 Å². The summed E-state index contributed by atoms with van der Waals surface area (Å²) in [5, 5.41) is 8.83. The van der Waals surface area contributed by atoms with Crippen molar-refractivity contribution in [3.05, 3.63) is 35.9 Å². The Morgan fingerprint density at radius 3 is 2.38 bits per heavy atom. The van der Waals surface area contributed by atoms with E-state index in [9.17, 15) is 4.79 Å². The van der Waals surface area contributed by atoms with Gasteiger partial charge in [-0.05, 0) is 30.2 Å². The molecule has 0 saturated carbocycles. The second kappa shape index (κ2) is 6.31. The van der Waals surface area contributed by atoms with Crippen molar-refractivity contribution in [3.8, 4) is 0 Å². The fraction of sp³-hybridized carbons (Fsp3) is 0.500. The number of hydrogen-bond donors (Lipinski definition) is 1. The summed E-state index contributed by atoms with van der Waals surface area (Å²) >= 11 is 0. The average molecular weight is 220 g/mol. The van der Waals surface area contributed by atoms with E-state index in [2.05, 4.69) is 26.0 Å². The van der Waals surface area contributed by atoms with E-state index in [1.54, 1.807) is 0 Å². The fourth-order valence-corrected chi connectivity index (χ4v) is 1.89. The van der Waals surface area contributed by atoms with Gasteiger partial charge in [-0.15, -0.1) is 0 Å². The molecule has 1 aromatic rings. The van der Waals surface area contributed by atoms with Crippen LogP contribution in [-0.2, 0) is 11.2 Å². The molecule has 2 nitrogen and oxygen atoms in total. The second-order valence-corrected chi connectivity index (χ2v) is 4.63. The van der Waals surface area contributed by atoms with Crippen LogP contribution in [0, 0.1) is 11.8 Å². The van der Waals surface area contributed by atoms with Crippen molar-refractivity contribution in [3.63, 3.8) is 0 Å². The van der Waals surface area contributed by atoms with Gasteiger partial charge in [0.25, 0.3) is 0 Å². The van der Waals surface area contributed by atoms with Crippen molar-refractivity contribution in [2.24, 2.45) is 11.8 Å². The van der Waals surface area contributed by atoms with Crippen LogP contribution in [0.1, 0.15) is 32.3 Å². The third-order valence-electron chi connectivity index (χ3n) is 3.03. The summed E-state index contributed by atoms with van der Waals surface area (Å²) < 4.78 is 0. The molecule has 1 N–H and O–H groups in total. The smallest absolute Gasteiger partial charge is 0.303 e. The van der Waals surface area contributed by atoms with Crippen LogP contribution in [0.25, 0.3) is 0 Å². The fourth-order valence-electron chi connectivity index (χ4n) is 1.89. The third-order valence-corrected chi connectivity index (χ3v) is 3.03. The number of hydrogen-bond acceptors (Lipinski definition) is 1. The van der Waals surface area contributed by atoms with Crippen molar-refractivity contribution >= 4 is 5.97 Å². The first-order valence-corrected chi connectivity index (χ1v) is 5.85. The van der Waals surface area contributed by atoms with E-state index in [1.165, 1.54) is 5.56 Å². The lowest BCUT2D eigenvalue weighted by molar-refractivity contribution is -0.138. The monoisotopic (exact) mass is 220 g/mol. The Balaban J connectivity index is 2.47. The Morgan fingerprint density at radius 2 is 1.88 bits per heavy atom. The first-order valence-electron chi connectivity index (χ1n) is 5.85. The highest BCUT2D eigenvalue weighted by molar-refractivity contribution is 5.67. The second-order valence-electron chi connectivity index (χ2n) is 4.63. The Kier molecular flexibility index (Phi) is 5.03. The molecular formula is C14H20O2. The first-order chi connectivity index (χ1) is 7.59. The molecule has 0 aliphatic rings. The maximum atomic E-state index is 10.7. The molecule has 1 rings (SSSR count). The van der Waals surface area contributed by atoms with Crippen molar-refractivity contribution in [2.75, 3.05) is 0 Å². The third kappa shape index (κ3) is 4.47. The summed E-state index contributed by atoms with van der Waals surface area (Å²) in [6.07, 6.45) is 2.20. The van der Waals surface area contributed by atoms with Crippen LogP contribution in [0.5, 0.6) is 0 Å². The lowest BCUT2D eigenvalue weighted by Gasteiger charge is -2.18. The van der Waals surface area contributed by atoms with Crippen molar-refractivity contribution < 1.29 is 9.90 Å². The normalized spacial score (nSPS) is 12.7. The van der Waals surface area contributed by atoms with E-state index in [4.69, 9.17) is 5.11 Å². The summed E-state index contributed by atoms with van der Waals surface area (Å²) in [4.78, 5) is 10.7. The number of aryl methyl sites for hydroxylation is 1. The molecule has 16 heavy (non-hydrogen) atoms. The number of rotatable bonds is 6. The van der Waals surface area contributed by atoms with Crippen molar-refractivity contribution in [2.45, 2.75) is 33.1 Å². The van der Waals surface area contributed by atoms with E-state index in [-0.39, 0.29) is 12.3 Å². The van der Waals surface area contributed by atoms with Crippen LogP contribution in [0.2, 0.25) is 0 Å². The Bertz CT molecular complexity index is 317. The van der Waals surface area contributed by atoms with Crippen LogP contribution in [0.4, 0.5) is 0 Å². The van der Waals surface area contributed by atoms with Gasteiger partial charge in [0, 0.05) is 6.42 Å². The zero-order valence-electron chi connectivity index (χ0n) is 10.0. The molecule has 0 aromatic heterocycles. The van der Waals surface area contributed by atoms with Gasteiger partial charge >= 0.3 is 5.97 Å². The minimum Gasteiger partial charge on any atom is -0.481 e. The van der Waals surface area contributed by atoms with Gasteiger partial charge < -0.3 is 5.11 Å². The minimum atomic E-state index is -0.688. The average Bonchev–Trinajstić information content (AvgIpc) is 2.25. The van der Waals surface area contributed by atoms with E-state index >= 15 is 0 Å². The molecule has 0 heterocycles. The number of aliphatic carboxylic acids is 1. The van der Waals surface area contributed by atoms with Crippen LogP contribution in [0.3, 0.4) is 0 Å². The Hall–Kier alpha value is -1.31. The van der Waals surface area contributed by atoms with E-state index in [1.807, 2.05) is 18.2 Å². The predicted molar refractivity (Wildman–Crippen MR) is 65.3 cm³/mol. The molecule has 0 bridgehead atoms. The SMILES string of the molecule is CC(C)[C@H](CCc1ccccc1)CC(=O)O. The van der Waals surface area contributed by atoms with Gasteiger partial charge in [-0.25, -0.2) is 0 Å². The van der Waals surface area contributed by atoms with Gasteiger partial charge in [-0.3, -0.25) is 4.79 Å². The molecule has 88 valence electrons. The Labute approximate surface area is 97.3 Å². The summed E-state index contributed by atoms with van der Waals surface area (Å²) in [5.74, 6) is 0.0179. The molecule has 0 radical (unpaired) electrons. The minimum absolute atomic E-state index is 0.276. The van der Waals surface area contributed by atoms with Crippen LogP contribution < -0.4 is 0 Å². The quantitative estimate of drug-likeness (QED) is 0.798. The predicted octanol–water partition coefficient (Wildman–Crippen LogP) is 3.37. The molecule has 0 amide bonds. The Morgan fingerprint density at radius 1 is 1.25 bits per heavy atom. The van der Waals surface area contributed by atoms with Crippen LogP contribution in [0.15, 0.2) is 30.3 Å². The standard InChI is InChI=1S/C14H20O2/c1-11(2)13(10-14(15)16)9-8-12-6-4-3-5-7-12/h3-7,11,13H,8-10H2,1-2H3,(H,15,16)/t13-/m1/s1. The maximum absolute atomic E-state index is 10.7. The van der Waals surface area contributed by atoms with Gasteiger partial charge in [-0.1, -0.05) is 44.2 Å². The molecule has 0 spiro atoms. The van der Waals surface area contributed by atoms with Crippen molar-refractivity contribution in [1.29, 1.82) is 0 Å². The zero-order chi connectivity index (χ0) is 12.0. The van der Waals surface area contributed by atoms with E-state index in [0.717, 1.165) is 12.8 Å². The highest BCUT2D eigenvalue weighted by Gasteiger charge is 2.16. The lowest BCUT2D eigenvalue weighted by Crippen LogP contribution is -2.14. The topological polar surface area (TPSA) is 37.3 Å². The summed E-state index contributed by atoms with van der Waals surface area (Å²) in [7, 11) is 0. The summed E-state index contributed by atoms with van der Waals surface area (Å²) in [6.45, 7) is 4.19. The van der Waals surface area contributed by atoms with Crippen LogP contribution in [-0.4, -0.2) is 11.1 Å². The highest BCUT2D eigenvalue weighted by Crippen LogP contribution is 2.21. The number of carbonyl (C=O) groups is 1. The number of carboxylic acid groups (broad SMARTS) is 1. The van der Waals surface area contributed by atoms with Gasteiger partial charge in [0.2, 0.25) is 0 Å². The van der Waals surface area contributed by atoms with Gasteiger partial charge in [-0.2, -0.15) is 0 Å². The molecule has 2 heteroatoms.